The van der Waals surface area contributed by atoms with Crippen LogP contribution in [-0.2, 0) is 6.61 Å². The smallest absolute Gasteiger partial charge is 0.204 e. The Bertz CT molecular complexity index is 794. The number of tetrazole rings is 1. The van der Waals surface area contributed by atoms with Crippen LogP contribution in [0.2, 0.25) is 5.02 Å². The van der Waals surface area contributed by atoms with Crippen LogP contribution in [-0.4, -0.2) is 27.7 Å². The van der Waals surface area contributed by atoms with Crippen LogP contribution in [0.25, 0.3) is 11.4 Å². The minimum atomic E-state index is 0.422. The Kier molecular flexibility index (Phi) is 4.97. The summed E-state index contributed by atoms with van der Waals surface area (Å²) >= 11 is 8.08. The third-order valence-electron chi connectivity index (χ3n) is 3.13. The summed E-state index contributed by atoms with van der Waals surface area (Å²) in [6.45, 7) is 0.422. The molecule has 6 nitrogen and oxygen atoms in total. The Morgan fingerprint density at radius 2 is 2.00 bits per heavy atom. The van der Waals surface area contributed by atoms with Crippen LogP contribution in [0.15, 0.2) is 36.4 Å². The average molecular weight is 443 g/mol. The van der Waals surface area contributed by atoms with Crippen LogP contribution >= 0.6 is 34.2 Å². The van der Waals surface area contributed by atoms with Gasteiger partial charge in [-0.15, -0.1) is 10.2 Å². The zero-order chi connectivity index (χ0) is 16.2. The standard InChI is InChI=1S/C15H12ClIN4O2/c1-22-13-7-10(15-18-20-21-19-15)6-12(17)14(13)23-8-9-2-4-11(16)5-3-9/h2-7H,8H2,1H3,(H,18,19,20,21). The van der Waals surface area contributed by atoms with Crippen molar-refractivity contribution in [3.05, 3.63) is 50.6 Å². The summed E-state index contributed by atoms with van der Waals surface area (Å²) in [5, 5.41) is 14.7. The molecule has 0 radical (unpaired) electrons. The van der Waals surface area contributed by atoms with Crippen LogP contribution < -0.4 is 9.47 Å². The summed E-state index contributed by atoms with van der Waals surface area (Å²) in [6.07, 6.45) is 0. The lowest BCUT2D eigenvalue weighted by molar-refractivity contribution is 0.282. The van der Waals surface area contributed by atoms with Crippen molar-refractivity contribution in [1.29, 1.82) is 0 Å². The number of H-pyrrole nitrogens is 1. The molecule has 0 saturated heterocycles. The highest BCUT2D eigenvalue weighted by molar-refractivity contribution is 14.1. The molecule has 0 aliphatic heterocycles. The zero-order valence-corrected chi connectivity index (χ0v) is 15.0. The van der Waals surface area contributed by atoms with E-state index in [9.17, 15) is 0 Å². The minimum Gasteiger partial charge on any atom is -0.493 e. The lowest BCUT2D eigenvalue weighted by Crippen LogP contribution is -2.00. The maximum atomic E-state index is 5.92. The van der Waals surface area contributed by atoms with Crippen LogP contribution in [0, 0.1) is 3.57 Å². The molecule has 0 saturated carbocycles. The number of benzene rings is 2. The number of halogens is 2. The van der Waals surface area contributed by atoms with Gasteiger partial charge < -0.3 is 9.47 Å². The molecule has 0 aliphatic carbocycles. The summed E-state index contributed by atoms with van der Waals surface area (Å²) in [5.74, 6) is 1.80. The first-order valence-corrected chi connectivity index (χ1v) is 8.11. The average Bonchev–Trinajstić information content (AvgIpc) is 3.09. The van der Waals surface area contributed by atoms with Gasteiger partial charge in [0, 0.05) is 10.6 Å². The number of aromatic amines is 1. The first-order valence-electron chi connectivity index (χ1n) is 6.66. The van der Waals surface area contributed by atoms with Crippen molar-refractivity contribution in [3.63, 3.8) is 0 Å². The number of methoxy groups -OCH3 is 1. The van der Waals surface area contributed by atoms with Crippen LogP contribution in [0.4, 0.5) is 0 Å². The topological polar surface area (TPSA) is 72.9 Å². The SMILES string of the molecule is COc1cc(-c2nn[nH]n2)cc(I)c1OCc1ccc(Cl)cc1. The Morgan fingerprint density at radius 3 is 2.65 bits per heavy atom. The van der Waals surface area contributed by atoms with Crippen molar-refractivity contribution in [2.45, 2.75) is 6.61 Å². The largest absolute Gasteiger partial charge is 0.493 e. The second kappa shape index (κ2) is 7.14. The highest BCUT2D eigenvalue weighted by atomic mass is 127. The number of hydrogen-bond donors (Lipinski definition) is 1. The Morgan fingerprint density at radius 1 is 1.22 bits per heavy atom. The molecule has 0 atom stereocenters. The van der Waals surface area contributed by atoms with Gasteiger partial charge in [-0.25, -0.2) is 0 Å². The lowest BCUT2D eigenvalue weighted by atomic mass is 10.2. The van der Waals surface area contributed by atoms with Crippen molar-refractivity contribution in [1.82, 2.24) is 20.6 Å². The molecule has 0 bridgehead atoms. The fourth-order valence-corrected chi connectivity index (χ4v) is 2.89. The van der Waals surface area contributed by atoms with Gasteiger partial charge in [-0.05, 0) is 57.6 Å². The number of nitrogens with zero attached hydrogens (tertiary/aromatic N) is 3. The molecular formula is C15H12ClIN4O2. The molecule has 3 rings (SSSR count). The monoisotopic (exact) mass is 442 g/mol. The van der Waals surface area contributed by atoms with Gasteiger partial charge in [0.2, 0.25) is 5.82 Å². The fraction of sp³-hybridized carbons (Fsp3) is 0.133. The Labute approximate surface area is 151 Å². The third-order valence-corrected chi connectivity index (χ3v) is 4.18. The van der Waals surface area contributed by atoms with Crippen LogP contribution in [0.5, 0.6) is 11.5 Å². The zero-order valence-electron chi connectivity index (χ0n) is 12.1. The van der Waals surface area contributed by atoms with E-state index in [4.69, 9.17) is 21.1 Å². The second-order valence-electron chi connectivity index (χ2n) is 4.64. The van der Waals surface area contributed by atoms with Crippen molar-refractivity contribution in [2.75, 3.05) is 7.11 Å². The first kappa shape index (κ1) is 16.0. The Hall–Kier alpha value is -1.87. The molecule has 0 fully saturated rings. The van der Waals surface area contributed by atoms with E-state index in [1.807, 2.05) is 36.4 Å². The van der Waals surface area contributed by atoms with Gasteiger partial charge in [0.25, 0.3) is 0 Å². The van der Waals surface area contributed by atoms with Crippen molar-refractivity contribution in [2.24, 2.45) is 0 Å². The third kappa shape index (κ3) is 3.73. The number of nitrogens with one attached hydrogen (secondary N) is 1. The molecule has 0 spiro atoms. The highest BCUT2D eigenvalue weighted by Gasteiger charge is 2.14. The van der Waals surface area contributed by atoms with Gasteiger partial charge >= 0.3 is 0 Å². The lowest BCUT2D eigenvalue weighted by Gasteiger charge is -2.13. The summed E-state index contributed by atoms with van der Waals surface area (Å²) in [7, 11) is 1.60. The van der Waals surface area contributed by atoms with E-state index >= 15 is 0 Å². The molecule has 23 heavy (non-hydrogen) atoms. The van der Waals surface area contributed by atoms with E-state index in [1.165, 1.54) is 0 Å². The summed E-state index contributed by atoms with van der Waals surface area (Å²) in [4.78, 5) is 0. The second-order valence-corrected chi connectivity index (χ2v) is 6.24. The molecule has 1 N–H and O–H groups in total. The quantitative estimate of drug-likeness (QED) is 0.610. The molecular weight excluding hydrogens is 431 g/mol. The molecule has 0 unspecified atom stereocenters. The van der Waals surface area contributed by atoms with Gasteiger partial charge in [0.1, 0.15) is 6.61 Å². The normalized spacial score (nSPS) is 10.6. The molecule has 118 valence electrons. The van der Waals surface area contributed by atoms with E-state index in [1.54, 1.807) is 7.11 Å². The molecule has 1 aromatic heterocycles. The fourth-order valence-electron chi connectivity index (χ4n) is 2.01. The number of hydrogen-bond acceptors (Lipinski definition) is 5. The van der Waals surface area contributed by atoms with Gasteiger partial charge in [-0.3, -0.25) is 0 Å². The summed E-state index contributed by atoms with van der Waals surface area (Å²) in [5.41, 5.74) is 1.83. The first-order chi connectivity index (χ1) is 11.2. The van der Waals surface area contributed by atoms with Crippen LogP contribution in [0.3, 0.4) is 0 Å². The highest BCUT2D eigenvalue weighted by Crippen LogP contribution is 2.36. The van der Waals surface area contributed by atoms with E-state index in [0.29, 0.717) is 29.0 Å². The van der Waals surface area contributed by atoms with Gasteiger partial charge in [-0.1, -0.05) is 23.7 Å². The van der Waals surface area contributed by atoms with Crippen molar-refractivity contribution in [3.8, 4) is 22.9 Å². The van der Waals surface area contributed by atoms with E-state index < -0.39 is 0 Å². The predicted octanol–water partition coefficient (Wildman–Crippen LogP) is 3.71. The molecule has 1 heterocycles. The Balaban J connectivity index is 1.85. The minimum absolute atomic E-state index is 0.422. The van der Waals surface area contributed by atoms with E-state index in [2.05, 4.69) is 43.2 Å². The predicted molar refractivity (Wildman–Crippen MR) is 94.7 cm³/mol. The number of rotatable bonds is 5. The molecule has 2 aromatic carbocycles. The maximum Gasteiger partial charge on any atom is 0.204 e. The molecule has 0 aliphatic rings. The van der Waals surface area contributed by atoms with E-state index in [-0.39, 0.29) is 0 Å². The van der Waals surface area contributed by atoms with E-state index in [0.717, 1.165) is 14.7 Å². The maximum absolute atomic E-state index is 5.92. The van der Waals surface area contributed by atoms with Gasteiger partial charge in [0.05, 0.1) is 10.7 Å². The van der Waals surface area contributed by atoms with Gasteiger partial charge in [-0.2, -0.15) is 5.21 Å². The summed E-state index contributed by atoms with van der Waals surface area (Å²) < 4.78 is 12.3. The number of ether oxygens (including phenoxy) is 2. The van der Waals surface area contributed by atoms with Crippen LogP contribution in [0.1, 0.15) is 5.56 Å². The van der Waals surface area contributed by atoms with Crippen molar-refractivity contribution < 1.29 is 9.47 Å². The molecule has 3 aromatic rings. The summed E-state index contributed by atoms with van der Waals surface area (Å²) in [6, 6.07) is 11.3. The number of aromatic nitrogens is 4. The molecule has 8 heteroatoms. The molecule has 0 amide bonds. The van der Waals surface area contributed by atoms with Crippen molar-refractivity contribution >= 4 is 34.2 Å². The van der Waals surface area contributed by atoms with Gasteiger partial charge in [0.15, 0.2) is 11.5 Å².